The first kappa shape index (κ1) is 9.52. The largest absolute Gasteiger partial charge is 0.519 e. The van der Waals surface area contributed by atoms with Crippen molar-refractivity contribution in [2.75, 3.05) is 0 Å². The van der Waals surface area contributed by atoms with Gasteiger partial charge in [0.2, 0.25) is 0 Å². The second-order valence-corrected chi connectivity index (χ2v) is 3.01. The molecule has 0 radical (unpaired) electrons. The van der Waals surface area contributed by atoms with Gasteiger partial charge in [-0.05, 0) is 30.7 Å². The summed E-state index contributed by atoms with van der Waals surface area (Å²) in [7, 11) is 0. The van der Waals surface area contributed by atoms with E-state index in [9.17, 15) is 4.79 Å². The molecule has 0 amide bonds. The summed E-state index contributed by atoms with van der Waals surface area (Å²) in [4.78, 5) is 11.2. The predicted molar refractivity (Wildman–Crippen MR) is 55.4 cm³/mol. The first-order valence-corrected chi connectivity index (χ1v) is 4.66. The third kappa shape index (κ3) is 2.71. The summed E-state index contributed by atoms with van der Waals surface area (Å²) in [5, 5.41) is 0. The van der Waals surface area contributed by atoms with Crippen molar-refractivity contribution < 1.29 is 14.3 Å². The summed E-state index contributed by atoms with van der Waals surface area (Å²) in [6.45, 7) is 0. The lowest BCUT2D eigenvalue weighted by Gasteiger charge is -2.04. The van der Waals surface area contributed by atoms with Crippen LogP contribution in [0.3, 0.4) is 0 Å². The number of ether oxygens (including phenoxy) is 2. The highest BCUT2D eigenvalue weighted by atomic mass is 16.7. The van der Waals surface area contributed by atoms with E-state index in [2.05, 4.69) is 0 Å². The molecule has 1 aliphatic carbocycles. The van der Waals surface area contributed by atoms with Crippen LogP contribution in [0.2, 0.25) is 0 Å². The maximum absolute atomic E-state index is 11.2. The van der Waals surface area contributed by atoms with Crippen LogP contribution in [0.1, 0.15) is 6.42 Å². The maximum Gasteiger partial charge on any atom is 0.519 e. The van der Waals surface area contributed by atoms with E-state index in [0.717, 1.165) is 6.42 Å². The van der Waals surface area contributed by atoms with Gasteiger partial charge < -0.3 is 9.47 Å². The Morgan fingerprint density at radius 2 is 1.93 bits per heavy atom. The number of carbonyl (C=O) groups is 1. The first-order valence-electron chi connectivity index (χ1n) is 4.66. The number of carbonyl (C=O) groups excluding carboxylic acids is 1. The number of benzene rings is 1. The zero-order valence-electron chi connectivity index (χ0n) is 8.05. The van der Waals surface area contributed by atoms with E-state index in [0.29, 0.717) is 11.5 Å². The van der Waals surface area contributed by atoms with Crippen molar-refractivity contribution in [2.45, 2.75) is 6.42 Å². The molecule has 0 saturated heterocycles. The van der Waals surface area contributed by atoms with Crippen molar-refractivity contribution in [3.8, 4) is 5.75 Å². The minimum Gasteiger partial charge on any atom is -0.395 e. The van der Waals surface area contributed by atoms with Crippen molar-refractivity contribution in [2.24, 2.45) is 0 Å². The minimum atomic E-state index is -0.709. The average Bonchev–Trinajstić information content (AvgIpc) is 2.71. The maximum atomic E-state index is 11.2. The number of hydrogen-bond acceptors (Lipinski definition) is 3. The van der Waals surface area contributed by atoms with Gasteiger partial charge in [0, 0.05) is 0 Å². The molecule has 2 rings (SSSR count). The monoisotopic (exact) mass is 202 g/mol. The molecule has 0 N–H and O–H groups in total. The van der Waals surface area contributed by atoms with Gasteiger partial charge in [-0.25, -0.2) is 4.79 Å². The van der Waals surface area contributed by atoms with E-state index < -0.39 is 6.16 Å². The molecule has 0 saturated carbocycles. The van der Waals surface area contributed by atoms with E-state index in [1.165, 1.54) is 0 Å². The third-order valence-electron chi connectivity index (χ3n) is 1.88. The van der Waals surface area contributed by atoms with Gasteiger partial charge in [0.1, 0.15) is 11.5 Å². The highest BCUT2D eigenvalue weighted by Gasteiger charge is 2.09. The van der Waals surface area contributed by atoms with Crippen molar-refractivity contribution in [3.63, 3.8) is 0 Å². The molecule has 3 nitrogen and oxygen atoms in total. The molecule has 0 heterocycles. The average molecular weight is 202 g/mol. The number of allylic oxidation sites excluding steroid dienone is 3. The van der Waals surface area contributed by atoms with E-state index in [4.69, 9.17) is 9.47 Å². The molecular weight excluding hydrogens is 192 g/mol. The molecule has 0 spiro atoms. The van der Waals surface area contributed by atoms with Crippen LogP contribution in [0.4, 0.5) is 4.79 Å². The highest BCUT2D eigenvalue weighted by molar-refractivity contribution is 5.65. The second-order valence-electron chi connectivity index (χ2n) is 3.01. The van der Waals surface area contributed by atoms with Gasteiger partial charge in [0.15, 0.2) is 0 Å². The zero-order chi connectivity index (χ0) is 10.5. The molecular formula is C12H10O3. The van der Waals surface area contributed by atoms with Gasteiger partial charge in [0.25, 0.3) is 0 Å². The van der Waals surface area contributed by atoms with Gasteiger partial charge in [-0.15, -0.1) is 0 Å². The van der Waals surface area contributed by atoms with Crippen LogP contribution >= 0.6 is 0 Å². The summed E-state index contributed by atoms with van der Waals surface area (Å²) in [6.07, 6.45) is 5.55. The van der Waals surface area contributed by atoms with Crippen LogP contribution in [0.15, 0.2) is 54.3 Å². The van der Waals surface area contributed by atoms with Crippen molar-refractivity contribution in [1.82, 2.24) is 0 Å². The predicted octanol–water partition coefficient (Wildman–Crippen LogP) is 3.05. The molecule has 0 fully saturated rings. The molecule has 1 aliphatic rings. The van der Waals surface area contributed by atoms with Gasteiger partial charge in [-0.1, -0.05) is 24.3 Å². The third-order valence-corrected chi connectivity index (χ3v) is 1.88. The molecule has 0 unspecified atom stereocenters. The van der Waals surface area contributed by atoms with Crippen LogP contribution in [-0.4, -0.2) is 6.16 Å². The molecule has 3 heteroatoms. The molecule has 15 heavy (non-hydrogen) atoms. The Morgan fingerprint density at radius 3 is 2.60 bits per heavy atom. The zero-order valence-corrected chi connectivity index (χ0v) is 8.05. The lowest BCUT2D eigenvalue weighted by Crippen LogP contribution is -2.09. The van der Waals surface area contributed by atoms with Gasteiger partial charge in [-0.2, -0.15) is 0 Å². The van der Waals surface area contributed by atoms with Gasteiger partial charge in [-0.3, -0.25) is 0 Å². The van der Waals surface area contributed by atoms with Crippen molar-refractivity contribution >= 4 is 6.16 Å². The van der Waals surface area contributed by atoms with E-state index in [1.54, 1.807) is 30.3 Å². The van der Waals surface area contributed by atoms with E-state index in [1.807, 2.05) is 18.2 Å². The van der Waals surface area contributed by atoms with Crippen LogP contribution in [0.5, 0.6) is 5.75 Å². The number of hydrogen-bond donors (Lipinski definition) is 0. The van der Waals surface area contributed by atoms with Crippen molar-refractivity contribution in [1.29, 1.82) is 0 Å². The Balaban J connectivity index is 1.90. The Kier molecular flexibility index (Phi) is 2.83. The summed E-state index contributed by atoms with van der Waals surface area (Å²) in [6, 6.07) is 8.81. The fourth-order valence-corrected chi connectivity index (χ4v) is 1.21. The normalized spacial score (nSPS) is 13.5. The molecule has 0 atom stereocenters. The standard InChI is InChI=1S/C12H10O3/c13-12(15-11-8-4-5-9-11)14-10-6-2-1-3-7-10/h1-4,6-9H,5H2. The summed E-state index contributed by atoms with van der Waals surface area (Å²) in [5.41, 5.74) is 0. The number of para-hydroxylation sites is 1. The lowest BCUT2D eigenvalue weighted by atomic mass is 10.3. The molecule has 76 valence electrons. The molecule has 1 aromatic rings. The van der Waals surface area contributed by atoms with Crippen LogP contribution < -0.4 is 4.74 Å². The Bertz CT molecular complexity index is 404. The fourth-order valence-electron chi connectivity index (χ4n) is 1.21. The minimum absolute atomic E-state index is 0.477. The number of rotatable bonds is 2. The highest BCUT2D eigenvalue weighted by Crippen LogP contribution is 2.13. The van der Waals surface area contributed by atoms with Crippen LogP contribution in [0, 0.1) is 0 Å². The molecule has 0 bridgehead atoms. The smallest absolute Gasteiger partial charge is 0.395 e. The topological polar surface area (TPSA) is 35.5 Å². The summed E-state index contributed by atoms with van der Waals surface area (Å²) >= 11 is 0. The quantitative estimate of drug-likeness (QED) is 0.546. The first-order chi connectivity index (χ1) is 7.34. The van der Waals surface area contributed by atoms with Crippen molar-refractivity contribution in [3.05, 3.63) is 54.3 Å². The van der Waals surface area contributed by atoms with E-state index >= 15 is 0 Å². The summed E-state index contributed by atoms with van der Waals surface area (Å²) < 4.78 is 9.87. The Labute approximate surface area is 87.6 Å². The van der Waals surface area contributed by atoms with Crippen LogP contribution in [0.25, 0.3) is 0 Å². The lowest BCUT2D eigenvalue weighted by molar-refractivity contribution is 0.129. The summed E-state index contributed by atoms with van der Waals surface area (Å²) in [5.74, 6) is 1.01. The van der Waals surface area contributed by atoms with E-state index in [-0.39, 0.29) is 0 Å². The van der Waals surface area contributed by atoms with Gasteiger partial charge in [0.05, 0.1) is 0 Å². The molecule has 1 aromatic carbocycles. The fraction of sp³-hybridized carbons (Fsp3) is 0.0833. The second kappa shape index (κ2) is 4.46. The SMILES string of the molecule is O=C(OC1=CCC=C1)Oc1ccccc1. The van der Waals surface area contributed by atoms with Crippen LogP contribution in [-0.2, 0) is 4.74 Å². The van der Waals surface area contributed by atoms with Gasteiger partial charge >= 0.3 is 6.16 Å². The Hall–Kier alpha value is -2.03. The Morgan fingerprint density at radius 1 is 1.13 bits per heavy atom. The molecule has 0 aliphatic heterocycles. The molecule has 0 aromatic heterocycles.